The summed E-state index contributed by atoms with van der Waals surface area (Å²) in [5.41, 5.74) is 0.615. The first-order valence-electron chi connectivity index (χ1n) is 3.01. The highest BCUT2D eigenvalue weighted by Crippen LogP contribution is 2.34. The largest absolute Gasteiger partial charge is 0.504 e. The number of anilines is 1. The number of phenols is 1. The van der Waals surface area contributed by atoms with E-state index in [0.717, 1.165) is 4.47 Å². The molecule has 0 aromatic heterocycles. The minimum Gasteiger partial charge on any atom is -0.504 e. The van der Waals surface area contributed by atoms with Crippen LogP contribution >= 0.6 is 27.5 Å². The summed E-state index contributed by atoms with van der Waals surface area (Å²) in [6.07, 6.45) is 0. The Balaban J connectivity index is 3.24. The summed E-state index contributed by atoms with van der Waals surface area (Å²) < 4.78 is 0.838. The van der Waals surface area contributed by atoms with Crippen LogP contribution in [-0.4, -0.2) is 12.2 Å². The molecule has 0 atom stereocenters. The average Bonchev–Trinajstić information content (AvgIpc) is 1.96. The number of aromatic hydroxyl groups is 1. The summed E-state index contributed by atoms with van der Waals surface area (Å²) in [5.74, 6) is 0.0809. The maximum atomic E-state index is 9.31. The Morgan fingerprint density at radius 2 is 2.18 bits per heavy atom. The molecule has 2 nitrogen and oxygen atoms in total. The molecule has 2 N–H and O–H groups in total. The lowest BCUT2D eigenvalue weighted by molar-refractivity contribution is 0.477. The summed E-state index contributed by atoms with van der Waals surface area (Å²) in [7, 11) is 1.72. The topological polar surface area (TPSA) is 32.3 Å². The second-order valence-electron chi connectivity index (χ2n) is 2.03. The molecule has 0 fully saturated rings. The van der Waals surface area contributed by atoms with Crippen molar-refractivity contribution in [2.45, 2.75) is 0 Å². The number of hydrogen-bond donors (Lipinski definition) is 2. The van der Waals surface area contributed by atoms with Crippen LogP contribution in [0.25, 0.3) is 0 Å². The van der Waals surface area contributed by atoms with Crippen LogP contribution in [0.2, 0.25) is 5.02 Å². The van der Waals surface area contributed by atoms with Gasteiger partial charge in [-0.15, -0.1) is 0 Å². The summed E-state index contributed by atoms with van der Waals surface area (Å²) in [6.45, 7) is 0. The molecule has 0 spiro atoms. The molecule has 0 bridgehead atoms. The summed E-state index contributed by atoms with van der Waals surface area (Å²) in [4.78, 5) is 0. The van der Waals surface area contributed by atoms with E-state index >= 15 is 0 Å². The molecular weight excluding hydrogens is 229 g/mol. The van der Waals surface area contributed by atoms with E-state index in [1.165, 1.54) is 0 Å². The monoisotopic (exact) mass is 235 g/mol. The fourth-order valence-electron chi connectivity index (χ4n) is 0.757. The number of nitrogens with one attached hydrogen (secondary N) is 1. The molecular formula is C7H7BrClNO. The maximum Gasteiger partial charge on any atom is 0.157 e. The smallest absolute Gasteiger partial charge is 0.157 e. The van der Waals surface area contributed by atoms with Crippen molar-refractivity contribution in [3.63, 3.8) is 0 Å². The van der Waals surface area contributed by atoms with Crippen LogP contribution in [0.3, 0.4) is 0 Å². The molecule has 0 aliphatic carbocycles. The first-order valence-corrected chi connectivity index (χ1v) is 4.18. The highest BCUT2D eigenvalue weighted by Gasteiger charge is 2.04. The molecule has 0 radical (unpaired) electrons. The molecule has 4 heteroatoms. The molecule has 0 saturated heterocycles. The zero-order valence-electron chi connectivity index (χ0n) is 5.86. The van der Waals surface area contributed by atoms with E-state index in [-0.39, 0.29) is 5.75 Å². The average molecular weight is 236 g/mol. The van der Waals surface area contributed by atoms with Gasteiger partial charge in [-0.25, -0.2) is 0 Å². The molecule has 1 aromatic rings. The molecule has 1 rings (SSSR count). The minimum atomic E-state index is 0.0809. The van der Waals surface area contributed by atoms with Gasteiger partial charge in [0, 0.05) is 11.5 Å². The van der Waals surface area contributed by atoms with Crippen molar-refractivity contribution < 1.29 is 5.11 Å². The third-order valence-corrected chi connectivity index (χ3v) is 2.04. The van der Waals surface area contributed by atoms with Crippen LogP contribution in [0.15, 0.2) is 16.6 Å². The molecule has 0 saturated carbocycles. The van der Waals surface area contributed by atoms with Crippen LogP contribution in [0.4, 0.5) is 5.69 Å². The Morgan fingerprint density at radius 1 is 1.55 bits per heavy atom. The predicted molar refractivity (Wildman–Crippen MR) is 50.4 cm³/mol. The quantitative estimate of drug-likeness (QED) is 0.735. The molecule has 0 aliphatic rings. The van der Waals surface area contributed by atoms with Crippen LogP contribution < -0.4 is 5.32 Å². The van der Waals surface area contributed by atoms with Crippen LogP contribution in [0.1, 0.15) is 0 Å². The molecule has 11 heavy (non-hydrogen) atoms. The molecule has 0 unspecified atom stereocenters. The van der Waals surface area contributed by atoms with Gasteiger partial charge < -0.3 is 10.4 Å². The lowest BCUT2D eigenvalue weighted by Crippen LogP contribution is -1.88. The van der Waals surface area contributed by atoms with E-state index in [1.807, 2.05) is 0 Å². The molecule has 0 aliphatic heterocycles. The van der Waals surface area contributed by atoms with Gasteiger partial charge in [-0.05, 0) is 12.1 Å². The van der Waals surface area contributed by atoms with Crippen molar-refractivity contribution in [2.75, 3.05) is 12.4 Å². The highest BCUT2D eigenvalue weighted by atomic mass is 79.9. The first kappa shape index (κ1) is 8.68. The number of hydrogen-bond acceptors (Lipinski definition) is 2. The summed E-state index contributed by atoms with van der Waals surface area (Å²) >= 11 is 8.93. The Morgan fingerprint density at radius 3 is 2.73 bits per heavy atom. The van der Waals surface area contributed by atoms with E-state index in [9.17, 15) is 5.11 Å². The number of phenolic OH excluding ortho intramolecular Hbond substituents is 1. The van der Waals surface area contributed by atoms with Crippen LogP contribution in [0, 0.1) is 0 Å². The Kier molecular flexibility index (Phi) is 2.62. The minimum absolute atomic E-state index is 0.0809. The van der Waals surface area contributed by atoms with Gasteiger partial charge >= 0.3 is 0 Å². The van der Waals surface area contributed by atoms with Crippen molar-refractivity contribution >= 4 is 33.2 Å². The maximum absolute atomic E-state index is 9.31. The Labute approximate surface area is 78.3 Å². The van der Waals surface area contributed by atoms with Gasteiger partial charge in [0.25, 0.3) is 0 Å². The lowest BCUT2D eigenvalue weighted by Gasteiger charge is -2.05. The van der Waals surface area contributed by atoms with Gasteiger partial charge in [-0.2, -0.15) is 0 Å². The fourth-order valence-corrected chi connectivity index (χ4v) is 1.57. The van der Waals surface area contributed by atoms with E-state index in [4.69, 9.17) is 11.6 Å². The van der Waals surface area contributed by atoms with Gasteiger partial charge in [-0.3, -0.25) is 0 Å². The SMILES string of the molecule is CNc1cc(Br)cc(Cl)c1O. The lowest BCUT2D eigenvalue weighted by atomic mass is 10.3. The fraction of sp³-hybridized carbons (Fsp3) is 0.143. The second-order valence-corrected chi connectivity index (χ2v) is 3.36. The third-order valence-electron chi connectivity index (χ3n) is 1.30. The standard InChI is InChI=1S/C7H7BrClNO/c1-10-6-3-4(8)2-5(9)7(6)11/h2-3,10-11H,1H3. The Bertz CT molecular complexity index is 277. The first-order chi connectivity index (χ1) is 5.15. The predicted octanol–water partition coefficient (Wildman–Crippen LogP) is 2.85. The number of rotatable bonds is 1. The van der Waals surface area contributed by atoms with Crippen molar-refractivity contribution in [1.82, 2.24) is 0 Å². The van der Waals surface area contributed by atoms with Crippen LogP contribution in [0.5, 0.6) is 5.75 Å². The van der Waals surface area contributed by atoms with Gasteiger partial charge in [0.1, 0.15) is 0 Å². The van der Waals surface area contributed by atoms with E-state index in [2.05, 4.69) is 21.2 Å². The van der Waals surface area contributed by atoms with E-state index in [0.29, 0.717) is 10.7 Å². The van der Waals surface area contributed by atoms with Gasteiger partial charge in [0.05, 0.1) is 10.7 Å². The zero-order chi connectivity index (χ0) is 8.43. The third kappa shape index (κ3) is 1.79. The molecule has 0 amide bonds. The normalized spacial score (nSPS) is 9.73. The van der Waals surface area contributed by atoms with Gasteiger partial charge in [0.15, 0.2) is 5.75 Å². The van der Waals surface area contributed by atoms with Gasteiger partial charge in [-0.1, -0.05) is 27.5 Å². The summed E-state index contributed by atoms with van der Waals surface area (Å²) in [5, 5.41) is 12.5. The van der Waals surface area contributed by atoms with Crippen molar-refractivity contribution in [3.05, 3.63) is 21.6 Å². The van der Waals surface area contributed by atoms with E-state index < -0.39 is 0 Å². The van der Waals surface area contributed by atoms with Crippen LogP contribution in [-0.2, 0) is 0 Å². The number of halogens is 2. The van der Waals surface area contributed by atoms with Crippen molar-refractivity contribution in [3.8, 4) is 5.75 Å². The highest BCUT2D eigenvalue weighted by molar-refractivity contribution is 9.10. The Hall–Kier alpha value is -0.410. The number of benzene rings is 1. The van der Waals surface area contributed by atoms with Gasteiger partial charge in [0.2, 0.25) is 0 Å². The molecule has 1 aromatic carbocycles. The van der Waals surface area contributed by atoms with Crippen molar-refractivity contribution in [1.29, 1.82) is 0 Å². The second kappa shape index (κ2) is 3.32. The van der Waals surface area contributed by atoms with Crippen molar-refractivity contribution in [2.24, 2.45) is 0 Å². The van der Waals surface area contributed by atoms with E-state index in [1.54, 1.807) is 19.2 Å². The molecule has 0 heterocycles. The zero-order valence-corrected chi connectivity index (χ0v) is 8.20. The molecule has 60 valence electrons. The summed E-state index contributed by atoms with van der Waals surface area (Å²) in [6, 6.07) is 3.39.